The van der Waals surface area contributed by atoms with Gasteiger partial charge in [0.25, 0.3) is 0 Å². The van der Waals surface area contributed by atoms with Crippen LogP contribution in [0.4, 0.5) is 4.39 Å². The Labute approximate surface area is 82.3 Å². The van der Waals surface area contributed by atoms with Crippen LogP contribution in [-0.2, 0) is 0 Å². The number of phenols is 1. The first-order chi connectivity index (χ1) is 5.66. The van der Waals surface area contributed by atoms with Gasteiger partial charge in [-0.25, -0.2) is 4.39 Å². The van der Waals surface area contributed by atoms with E-state index in [1.54, 1.807) is 6.07 Å². The molecule has 0 spiro atoms. The molecule has 0 aliphatic heterocycles. The Bertz CT molecular complexity index is 304. The summed E-state index contributed by atoms with van der Waals surface area (Å²) in [6.07, 6.45) is 1.44. The van der Waals surface area contributed by atoms with E-state index in [9.17, 15) is 9.50 Å². The highest BCUT2D eigenvalue weighted by Crippen LogP contribution is 2.25. The minimum absolute atomic E-state index is 0. The Morgan fingerprint density at radius 1 is 1.54 bits per heavy atom. The SMILES string of the molecule is C=C[C@@H](N)c1cccc(F)c1O.Cl. The zero-order valence-electron chi connectivity index (χ0n) is 6.90. The number of halogens is 2. The van der Waals surface area contributed by atoms with Crippen molar-refractivity contribution in [2.24, 2.45) is 5.73 Å². The monoisotopic (exact) mass is 203 g/mol. The smallest absolute Gasteiger partial charge is 0.165 e. The molecule has 0 radical (unpaired) electrons. The topological polar surface area (TPSA) is 46.2 Å². The van der Waals surface area contributed by atoms with Gasteiger partial charge in [-0.1, -0.05) is 18.2 Å². The summed E-state index contributed by atoms with van der Waals surface area (Å²) in [6, 6.07) is 3.70. The molecule has 1 aromatic carbocycles. The Balaban J connectivity index is 0.00000144. The zero-order valence-corrected chi connectivity index (χ0v) is 7.72. The second-order valence-corrected chi connectivity index (χ2v) is 2.44. The van der Waals surface area contributed by atoms with Gasteiger partial charge < -0.3 is 10.8 Å². The lowest BCUT2D eigenvalue weighted by Gasteiger charge is -2.08. The van der Waals surface area contributed by atoms with Crippen LogP contribution in [0.2, 0.25) is 0 Å². The predicted octanol–water partition coefficient (Wildman–Crippen LogP) is 2.14. The van der Waals surface area contributed by atoms with Gasteiger partial charge in [-0.05, 0) is 6.07 Å². The molecule has 0 fully saturated rings. The highest BCUT2D eigenvalue weighted by molar-refractivity contribution is 5.85. The van der Waals surface area contributed by atoms with Gasteiger partial charge in [0.2, 0.25) is 0 Å². The maximum Gasteiger partial charge on any atom is 0.165 e. The number of hydrogen-bond donors (Lipinski definition) is 2. The van der Waals surface area contributed by atoms with Gasteiger partial charge in [-0.2, -0.15) is 0 Å². The molecule has 0 saturated carbocycles. The Hall–Kier alpha value is -1.06. The van der Waals surface area contributed by atoms with E-state index in [2.05, 4.69) is 6.58 Å². The summed E-state index contributed by atoms with van der Waals surface area (Å²) in [6.45, 7) is 3.45. The summed E-state index contributed by atoms with van der Waals surface area (Å²) in [5.41, 5.74) is 5.87. The Kier molecular flexibility index (Phi) is 4.45. The molecule has 3 N–H and O–H groups in total. The molecule has 2 nitrogen and oxygen atoms in total. The van der Waals surface area contributed by atoms with Gasteiger partial charge in [0.1, 0.15) is 0 Å². The van der Waals surface area contributed by atoms with Gasteiger partial charge in [0.05, 0.1) is 6.04 Å². The molecule has 0 heterocycles. The van der Waals surface area contributed by atoms with E-state index in [1.807, 2.05) is 0 Å². The predicted molar refractivity (Wildman–Crippen MR) is 52.4 cm³/mol. The first kappa shape index (κ1) is 11.9. The number of para-hydroxylation sites is 1. The van der Waals surface area contributed by atoms with Crippen molar-refractivity contribution < 1.29 is 9.50 Å². The standard InChI is InChI=1S/C9H10FNO.ClH/c1-2-8(11)6-4-3-5-7(10)9(6)12;/h2-5,8,12H,1,11H2;1H/t8-;/m1./s1. The lowest BCUT2D eigenvalue weighted by molar-refractivity contribution is 0.424. The van der Waals surface area contributed by atoms with E-state index >= 15 is 0 Å². The molecule has 0 amide bonds. The highest BCUT2D eigenvalue weighted by Gasteiger charge is 2.10. The molecule has 4 heteroatoms. The molecule has 1 atom stereocenters. The summed E-state index contributed by atoms with van der Waals surface area (Å²) in [7, 11) is 0. The number of nitrogens with two attached hydrogens (primary N) is 1. The van der Waals surface area contributed by atoms with Crippen molar-refractivity contribution in [2.75, 3.05) is 0 Å². The van der Waals surface area contributed by atoms with Crippen LogP contribution in [0, 0.1) is 5.82 Å². The fraction of sp³-hybridized carbons (Fsp3) is 0.111. The van der Waals surface area contributed by atoms with Crippen LogP contribution < -0.4 is 5.73 Å². The van der Waals surface area contributed by atoms with Gasteiger partial charge in [-0.3, -0.25) is 0 Å². The molecule has 72 valence electrons. The summed E-state index contributed by atoms with van der Waals surface area (Å²) in [4.78, 5) is 0. The van der Waals surface area contributed by atoms with Crippen LogP contribution in [0.25, 0.3) is 0 Å². The molecule has 0 aliphatic carbocycles. The largest absolute Gasteiger partial charge is 0.505 e. The van der Waals surface area contributed by atoms with E-state index in [1.165, 1.54) is 18.2 Å². The molecule has 13 heavy (non-hydrogen) atoms. The molecule has 0 unspecified atom stereocenters. The zero-order chi connectivity index (χ0) is 9.14. The molecule has 0 aliphatic rings. The quantitative estimate of drug-likeness (QED) is 0.724. The van der Waals surface area contributed by atoms with Crippen LogP contribution in [0.3, 0.4) is 0 Å². The van der Waals surface area contributed by atoms with Crippen LogP contribution >= 0.6 is 12.4 Å². The van der Waals surface area contributed by atoms with E-state index in [-0.39, 0.29) is 12.4 Å². The fourth-order valence-corrected chi connectivity index (χ4v) is 0.928. The van der Waals surface area contributed by atoms with Crippen molar-refractivity contribution in [1.82, 2.24) is 0 Å². The van der Waals surface area contributed by atoms with Crippen molar-refractivity contribution >= 4 is 12.4 Å². The third kappa shape index (κ3) is 2.44. The Morgan fingerprint density at radius 2 is 2.15 bits per heavy atom. The highest BCUT2D eigenvalue weighted by atomic mass is 35.5. The van der Waals surface area contributed by atoms with Crippen molar-refractivity contribution in [3.63, 3.8) is 0 Å². The van der Waals surface area contributed by atoms with E-state index in [0.717, 1.165) is 0 Å². The molecule has 1 rings (SSSR count). The third-order valence-electron chi connectivity index (χ3n) is 1.63. The maximum atomic E-state index is 12.7. The first-order valence-corrected chi connectivity index (χ1v) is 3.52. The van der Waals surface area contributed by atoms with E-state index < -0.39 is 17.6 Å². The van der Waals surface area contributed by atoms with Crippen LogP contribution in [0.5, 0.6) is 5.75 Å². The number of hydrogen-bond acceptors (Lipinski definition) is 2. The van der Waals surface area contributed by atoms with Gasteiger partial charge in [0.15, 0.2) is 11.6 Å². The van der Waals surface area contributed by atoms with Crippen LogP contribution in [0.15, 0.2) is 30.9 Å². The molecule has 0 saturated heterocycles. The van der Waals surface area contributed by atoms with Crippen LogP contribution in [0.1, 0.15) is 11.6 Å². The normalized spacial score (nSPS) is 11.5. The van der Waals surface area contributed by atoms with Gasteiger partial charge >= 0.3 is 0 Å². The molecule has 0 aromatic heterocycles. The molecule has 1 aromatic rings. The van der Waals surface area contributed by atoms with Crippen molar-refractivity contribution in [3.8, 4) is 5.75 Å². The minimum atomic E-state index is -0.662. The first-order valence-electron chi connectivity index (χ1n) is 3.52. The molecular formula is C9H11ClFNO. The number of aromatic hydroxyl groups is 1. The molecule has 0 bridgehead atoms. The average molecular weight is 204 g/mol. The van der Waals surface area contributed by atoms with Crippen molar-refractivity contribution in [1.29, 1.82) is 0 Å². The Morgan fingerprint density at radius 3 is 2.69 bits per heavy atom. The summed E-state index contributed by atoms with van der Waals surface area (Å²) >= 11 is 0. The van der Waals surface area contributed by atoms with Crippen LogP contribution in [-0.4, -0.2) is 5.11 Å². The number of rotatable bonds is 2. The minimum Gasteiger partial charge on any atom is -0.505 e. The van der Waals surface area contributed by atoms with Crippen molar-refractivity contribution in [2.45, 2.75) is 6.04 Å². The van der Waals surface area contributed by atoms with Crippen molar-refractivity contribution in [3.05, 3.63) is 42.2 Å². The van der Waals surface area contributed by atoms with Gasteiger partial charge in [-0.15, -0.1) is 19.0 Å². The average Bonchev–Trinajstić information content (AvgIpc) is 2.08. The van der Waals surface area contributed by atoms with E-state index in [0.29, 0.717) is 5.56 Å². The second-order valence-electron chi connectivity index (χ2n) is 2.44. The molecular weight excluding hydrogens is 193 g/mol. The summed E-state index contributed by atoms with van der Waals surface area (Å²) < 4.78 is 12.7. The number of benzene rings is 1. The van der Waals surface area contributed by atoms with E-state index in [4.69, 9.17) is 5.73 Å². The van der Waals surface area contributed by atoms with Gasteiger partial charge in [0, 0.05) is 5.56 Å². The second kappa shape index (κ2) is 4.84. The summed E-state index contributed by atoms with van der Waals surface area (Å²) in [5.74, 6) is -1.06. The summed E-state index contributed by atoms with van der Waals surface area (Å²) in [5, 5.41) is 9.20. The lowest BCUT2D eigenvalue weighted by Crippen LogP contribution is -2.06. The third-order valence-corrected chi connectivity index (χ3v) is 1.63. The fourth-order valence-electron chi connectivity index (χ4n) is 0.928. The number of phenolic OH excluding ortho intramolecular Hbond substituents is 1. The lowest BCUT2D eigenvalue weighted by atomic mass is 10.1. The maximum absolute atomic E-state index is 12.7.